The molecule has 4 heteroatoms. The standard InChI is InChI=1S/C13H12BrClN2/c1-9-3-2-4-11(17-9)8-16-13-7-10(14)5-6-12(13)15/h2-7,16H,8H2,1H3. The van der Waals surface area contributed by atoms with Crippen molar-refractivity contribution in [1.82, 2.24) is 4.98 Å². The second-order valence-corrected chi connectivity index (χ2v) is 5.07. The third kappa shape index (κ3) is 3.45. The van der Waals surface area contributed by atoms with Crippen molar-refractivity contribution in [2.45, 2.75) is 13.5 Å². The van der Waals surface area contributed by atoms with Gasteiger partial charge in [-0.1, -0.05) is 33.6 Å². The molecule has 0 bridgehead atoms. The molecule has 0 atom stereocenters. The topological polar surface area (TPSA) is 24.9 Å². The molecule has 0 spiro atoms. The third-order valence-corrected chi connectivity index (χ3v) is 3.16. The Hall–Kier alpha value is -1.06. The molecule has 1 N–H and O–H groups in total. The summed E-state index contributed by atoms with van der Waals surface area (Å²) in [7, 11) is 0. The highest BCUT2D eigenvalue weighted by Gasteiger charge is 2.01. The Labute approximate surface area is 114 Å². The Balaban J connectivity index is 2.09. The number of hydrogen-bond donors (Lipinski definition) is 1. The normalized spacial score (nSPS) is 10.3. The smallest absolute Gasteiger partial charge is 0.0638 e. The molecule has 88 valence electrons. The monoisotopic (exact) mass is 310 g/mol. The number of aromatic nitrogens is 1. The highest BCUT2D eigenvalue weighted by molar-refractivity contribution is 9.10. The van der Waals surface area contributed by atoms with Crippen LogP contribution >= 0.6 is 27.5 Å². The fourth-order valence-corrected chi connectivity index (χ4v) is 2.06. The highest BCUT2D eigenvalue weighted by Crippen LogP contribution is 2.25. The Kier molecular flexibility index (Phi) is 4.02. The van der Waals surface area contributed by atoms with Crippen molar-refractivity contribution >= 4 is 33.2 Å². The van der Waals surface area contributed by atoms with Gasteiger partial charge in [0, 0.05) is 10.2 Å². The van der Waals surface area contributed by atoms with Crippen LogP contribution in [0, 0.1) is 6.92 Å². The van der Waals surface area contributed by atoms with Crippen molar-refractivity contribution in [1.29, 1.82) is 0 Å². The van der Waals surface area contributed by atoms with Crippen LogP contribution in [0.15, 0.2) is 40.9 Å². The van der Waals surface area contributed by atoms with Crippen LogP contribution in [0.1, 0.15) is 11.4 Å². The molecule has 2 rings (SSSR count). The van der Waals surface area contributed by atoms with Gasteiger partial charge in [0.05, 0.1) is 22.9 Å². The second-order valence-electron chi connectivity index (χ2n) is 3.75. The van der Waals surface area contributed by atoms with Crippen molar-refractivity contribution in [2.75, 3.05) is 5.32 Å². The molecule has 0 saturated carbocycles. The van der Waals surface area contributed by atoms with Gasteiger partial charge in [0.1, 0.15) is 0 Å². The lowest BCUT2D eigenvalue weighted by molar-refractivity contribution is 1.02. The molecular formula is C13H12BrClN2. The maximum atomic E-state index is 6.09. The molecule has 0 unspecified atom stereocenters. The summed E-state index contributed by atoms with van der Waals surface area (Å²) < 4.78 is 1.00. The van der Waals surface area contributed by atoms with E-state index in [1.807, 2.05) is 43.3 Å². The first kappa shape index (κ1) is 12.4. The molecule has 0 aliphatic rings. The van der Waals surface area contributed by atoms with Gasteiger partial charge >= 0.3 is 0 Å². The van der Waals surface area contributed by atoms with Crippen LogP contribution in [0.25, 0.3) is 0 Å². The van der Waals surface area contributed by atoms with Gasteiger partial charge < -0.3 is 5.32 Å². The van der Waals surface area contributed by atoms with Crippen molar-refractivity contribution in [3.63, 3.8) is 0 Å². The van der Waals surface area contributed by atoms with E-state index in [0.717, 1.165) is 21.5 Å². The Morgan fingerprint density at radius 3 is 2.88 bits per heavy atom. The molecule has 1 heterocycles. The van der Waals surface area contributed by atoms with Gasteiger partial charge in [0.15, 0.2) is 0 Å². The lowest BCUT2D eigenvalue weighted by Crippen LogP contribution is -2.02. The number of rotatable bonds is 3. The van der Waals surface area contributed by atoms with Crippen LogP contribution in [-0.2, 0) is 6.54 Å². The van der Waals surface area contributed by atoms with E-state index in [4.69, 9.17) is 11.6 Å². The molecule has 0 amide bonds. The fourth-order valence-electron chi connectivity index (χ4n) is 1.52. The molecule has 2 aromatic rings. The lowest BCUT2D eigenvalue weighted by Gasteiger charge is -2.08. The van der Waals surface area contributed by atoms with Crippen LogP contribution in [0.2, 0.25) is 5.02 Å². The molecule has 0 aliphatic carbocycles. The Morgan fingerprint density at radius 1 is 1.29 bits per heavy atom. The number of halogens is 2. The van der Waals surface area contributed by atoms with Gasteiger partial charge in [-0.25, -0.2) is 0 Å². The summed E-state index contributed by atoms with van der Waals surface area (Å²) in [5.41, 5.74) is 2.93. The van der Waals surface area contributed by atoms with Gasteiger partial charge in [0.25, 0.3) is 0 Å². The van der Waals surface area contributed by atoms with Crippen molar-refractivity contribution < 1.29 is 0 Å². The highest BCUT2D eigenvalue weighted by atomic mass is 79.9. The number of nitrogens with zero attached hydrogens (tertiary/aromatic N) is 1. The Morgan fingerprint density at radius 2 is 2.12 bits per heavy atom. The summed E-state index contributed by atoms with van der Waals surface area (Å²) >= 11 is 9.51. The summed E-state index contributed by atoms with van der Waals surface area (Å²) in [5.74, 6) is 0. The average Bonchev–Trinajstić information content (AvgIpc) is 2.30. The van der Waals surface area contributed by atoms with Crippen LogP contribution < -0.4 is 5.32 Å². The zero-order chi connectivity index (χ0) is 12.3. The average molecular weight is 312 g/mol. The minimum Gasteiger partial charge on any atom is -0.378 e. The van der Waals surface area contributed by atoms with E-state index in [1.54, 1.807) is 0 Å². The van der Waals surface area contributed by atoms with Gasteiger partial charge in [0.2, 0.25) is 0 Å². The number of anilines is 1. The minimum absolute atomic E-state index is 0.665. The van der Waals surface area contributed by atoms with Gasteiger partial charge in [-0.3, -0.25) is 4.98 Å². The van der Waals surface area contributed by atoms with Crippen LogP contribution in [0.4, 0.5) is 5.69 Å². The first-order chi connectivity index (χ1) is 8.15. The molecule has 1 aromatic heterocycles. The summed E-state index contributed by atoms with van der Waals surface area (Å²) in [4.78, 5) is 4.42. The predicted octanol–water partition coefficient (Wildman–Crippen LogP) is 4.42. The molecule has 17 heavy (non-hydrogen) atoms. The molecular weight excluding hydrogens is 300 g/mol. The van der Waals surface area contributed by atoms with E-state index in [2.05, 4.69) is 26.2 Å². The number of nitrogens with one attached hydrogen (secondary N) is 1. The lowest BCUT2D eigenvalue weighted by atomic mass is 10.3. The van der Waals surface area contributed by atoms with Gasteiger partial charge in [-0.2, -0.15) is 0 Å². The maximum absolute atomic E-state index is 6.09. The van der Waals surface area contributed by atoms with E-state index in [9.17, 15) is 0 Å². The number of hydrogen-bond acceptors (Lipinski definition) is 2. The first-order valence-corrected chi connectivity index (χ1v) is 6.44. The van der Waals surface area contributed by atoms with Gasteiger partial charge in [-0.15, -0.1) is 0 Å². The van der Waals surface area contributed by atoms with Crippen molar-refractivity contribution in [3.05, 3.63) is 57.3 Å². The zero-order valence-corrected chi connectivity index (χ0v) is 11.7. The van der Waals surface area contributed by atoms with Gasteiger partial charge in [-0.05, 0) is 37.3 Å². The summed E-state index contributed by atoms with van der Waals surface area (Å²) in [6.07, 6.45) is 0. The maximum Gasteiger partial charge on any atom is 0.0638 e. The van der Waals surface area contributed by atoms with E-state index in [0.29, 0.717) is 11.6 Å². The van der Waals surface area contributed by atoms with Crippen LogP contribution in [0.5, 0.6) is 0 Å². The predicted molar refractivity (Wildman–Crippen MR) is 75.5 cm³/mol. The molecule has 0 aliphatic heterocycles. The SMILES string of the molecule is Cc1cccc(CNc2cc(Br)ccc2Cl)n1. The third-order valence-electron chi connectivity index (χ3n) is 2.33. The number of aryl methyl sites for hydroxylation is 1. The quantitative estimate of drug-likeness (QED) is 0.907. The first-order valence-electron chi connectivity index (χ1n) is 5.26. The summed E-state index contributed by atoms with van der Waals surface area (Å²) in [6.45, 7) is 2.65. The summed E-state index contributed by atoms with van der Waals surface area (Å²) in [6, 6.07) is 11.7. The van der Waals surface area contributed by atoms with Crippen molar-refractivity contribution in [2.24, 2.45) is 0 Å². The van der Waals surface area contributed by atoms with Crippen LogP contribution in [-0.4, -0.2) is 4.98 Å². The molecule has 1 aromatic carbocycles. The van der Waals surface area contributed by atoms with E-state index in [-0.39, 0.29) is 0 Å². The van der Waals surface area contributed by atoms with Crippen LogP contribution in [0.3, 0.4) is 0 Å². The number of benzene rings is 1. The molecule has 0 fully saturated rings. The second kappa shape index (κ2) is 5.52. The minimum atomic E-state index is 0.665. The van der Waals surface area contributed by atoms with E-state index >= 15 is 0 Å². The molecule has 0 saturated heterocycles. The molecule has 2 nitrogen and oxygen atoms in total. The van der Waals surface area contributed by atoms with Crippen molar-refractivity contribution in [3.8, 4) is 0 Å². The Bertz CT molecular complexity index is 529. The largest absolute Gasteiger partial charge is 0.378 e. The zero-order valence-electron chi connectivity index (χ0n) is 9.37. The van der Waals surface area contributed by atoms with E-state index in [1.165, 1.54) is 0 Å². The molecule has 0 radical (unpaired) electrons. The number of pyridine rings is 1. The fraction of sp³-hybridized carbons (Fsp3) is 0.154. The summed E-state index contributed by atoms with van der Waals surface area (Å²) in [5, 5.41) is 3.98. The van der Waals surface area contributed by atoms with E-state index < -0.39 is 0 Å².